The van der Waals surface area contributed by atoms with Crippen molar-refractivity contribution < 1.29 is 0 Å². The van der Waals surface area contributed by atoms with Crippen LogP contribution in [0.5, 0.6) is 0 Å². The van der Waals surface area contributed by atoms with Crippen LogP contribution >= 0.6 is 61.2 Å². The smallest absolute Gasteiger partial charge is 0.0656 e. The maximum absolute atomic E-state index is 3.50. The van der Waals surface area contributed by atoms with Gasteiger partial charge in [-0.05, 0) is 68.6 Å². The van der Waals surface area contributed by atoms with E-state index in [4.69, 9.17) is 0 Å². The quantitative estimate of drug-likeness (QED) is 0.698. The zero-order valence-corrected chi connectivity index (χ0v) is 14.0. The third kappa shape index (κ3) is 3.29. The van der Waals surface area contributed by atoms with Crippen molar-refractivity contribution in [2.75, 3.05) is 7.05 Å². The van der Waals surface area contributed by atoms with E-state index in [0.717, 1.165) is 6.42 Å². The van der Waals surface area contributed by atoms with E-state index in [-0.39, 0.29) is 0 Å². The number of rotatable bonds is 4. The molecule has 0 radical (unpaired) electrons. The fourth-order valence-electron chi connectivity index (χ4n) is 1.55. The van der Waals surface area contributed by atoms with Crippen LogP contribution in [0, 0.1) is 2.88 Å². The molecule has 0 aliphatic rings. The Bertz CT molecular complexity index is 466. The first kappa shape index (κ1) is 13.0. The van der Waals surface area contributed by atoms with Crippen LogP contribution in [-0.2, 0) is 6.42 Å². The van der Waals surface area contributed by atoms with E-state index in [0.29, 0.717) is 6.04 Å². The fourth-order valence-corrected chi connectivity index (χ4v) is 4.48. The number of thiophene rings is 2. The summed E-state index contributed by atoms with van der Waals surface area (Å²) in [6.07, 6.45) is 1.06. The third-order valence-electron chi connectivity index (χ3n) is 2.37. The molecule has 0 aromatic carbocycles. The molecule has 1 N–H and O–H groups in total. The van der Waals surface area contributed by atoms with Gasteiger partial charge in [0, 0.05) is 27.2 Å². The average Bonchev–Trinajstić information content (AvgIpc) is 2.84. The molecule has 16 heavy (non-hydrogen) atoms. The molecule has 5 heteroatoms. The molecule has 0 bridgehead atoms. The minimum absolute atomic E-state index is 0.422. The van der Waals surface area contributed by atoms with Crippen molar-refractivity contribution in [3.05, 3.63) is 40.7 Å². The lowest BCUT2D eigenvalue weighted by molar-refractivity contribution is 0.598. The van der Waals surface area contributed by atoms with Gasteiger partial charge in [-0.3, -0.25) is 0 Å². The molecule has 2 heterocycles. The molecule has 0 fully saturated rings. The van der Waals surface area contributed by atoms with Gasteiger partial charge in [0.05, 0.1) is 2.88 Å². The molecular formula is C11H11BrINS2. The first-order valence-electron chi connectivity index (χ1n) is 4.83. The second-order valence-corrected chi connectivity index (χ2v) is 8.18. The summed E-state index contributed by atoms with van der Waals surface area (Å²) in [6, 6.07) is 4.88. The minimum atomic E-state index is 0.422. The molecule has 2 rings (SSSR count). The highest BCUT2D eigenvalue weighted by molar-refractivity contribution is 14.1. The standard InChI is InChI=1S/C11H11BrINS2/c1-14-10(7-2-11(13)16-5-7)4-9-3-8(12)6-15-9/h2-3,5-6,10,14H,4H2,1H3. The molecule has 0 saturated heterocycles. The maximum Gasteiger partial charge on any atom is 0.0656 e. The average molecular weight is 428 g/mol. The number of nitrogens with one attached hydrogen (secondary N) is 1. The second-order valence-electron chi connectivity index (χ2n) is 3.46. The Kier molecular flexibility index (Phi) is 4.84. The summed E-state index contributed by atoms with van der Waals surface area (Å²) < 4.78 is 2.53. The Labute approximate surface area is 126 Å². The predicted molar refractivity (Wildman–Crippen MR) is 84.6 cm³/mol. The van der Waals surface area contributed by atoms with Gasteiger partial charge in [-0.25, -0.2) is 0 Å². The summed E-state index contributed by atoms with van der Waals surface area (Å²) in [5.74, 6) is 0. The highest BCUT2D eigenvalue weighted by Crippen LogP contribution is 2.28. The van der Waals surface area contributed by atoms with E-state index in [9.17, 15) is 0 Å². The summed E-state index contributed by atoms with van der Waals surface area (Å²) in [6.45, 7) is 0. The van der Waals surface area contributed by atoms with Crippen LogP contribution in [0.15, 0.2) is 27.4 Å². The van der Waals surface area contributed by atoms with Crippen LogP contribution in [-0.4, -0.2) is 7.05 Å². The summed E-state index contributed by atoms with van der Waals surface area (Å²) >= 11 is 9.48. The molecular weight excluding hydrogens is 417 g/mol. The number of hydrogen-bond acceptors (Lipinski definition) is 3. The van der Waals surface area contributed by atoms with Crippen molar-refractivity contribution in [1.82, 2.24) is 5.32 Å². The van der Waals surface area contributed by atoms with E-state index < -0.39 is 0 Å². The van der Waals surface area contributed by atoms with Crippen molar-refractivity contribution in [1.29, 1.82) is 0 Å². The largest absolute Gasteiger partial charge is 0.313 e. The van der Waals surface area contributed by atoms with Gasteiger partial charge in [-0.2, -0.15) is 0 Å². The van der Waals surface area contributed by atoms with Gasteiger partial charge < -0.3 is 5.32 Å². The first-order valence-corrected chi connectivity index (χ1v) is 8.46. The molecule has 1 unspecified atom stereocenters. The lowest BCUT2D eigenvalue weighted by Gasteiger charge is -2.13. The van der Waals surface area contributed by atoms with E-state index in [1.54, 1.807) is 11.3 Å². The van der Waals surface area contributed by atoms with Crippen molar-refractivity contribution >= 4 is 61.2 Å². The number of likely N-dealkylation sites (N-methyl/N-ethyl adjacent to an activating group) is 1. The van der Waals surface area contributed by atoms with Crippen LogP contribution in [0.1, 0.15) is 16.5 Å². The molecule has 2 aromatic heterocycles. The van der Waals surface area contributed by atoms with Crippen LogP contribution in [0.2, 0.25) is 0 Å². The first-order chi connectivity index (χ1) is 7.69. The summed E-state index contributed by atoms with van der Waals surface area (Å²) in [5.41, 5.74) is 1.39. The van der Waals surface area contributed by atoms with Gasteiger partial charge in [0.1, 0.15) is 0 Å². The fraction of sp³-hybridized carbons (Fsp3) is 0.273. The third-order valence-corrected chi connectivity index (χ3v) is 5.89. The van der Waals surface area contributed by atoms with Crippen LogP contribution in [0.3, 0.4) is 0 Å². The SMILES string of the molecule is CNC(Cc1cc(Br)cs1)c1csc(I)c1. The highest BCUT2D eigenvalue weighted by Gasteiger charge is 2.12. The molecule has 0 aliphatic carbocycles. The molecule has 0 amide bonds. The number of halogens is 2. The van der Waals surface area contributed by atoms with Gasteiger partial charge in [0.25, 0.3) is 0 Å². The predicted octanol–water partition coefficient (Wildman–Crippen LogP) is 4.68. The van der Waals surface area contributed by atoms with Gasteiger partial charge in [0.2, 0.25) is 0 Å². The normalized spacial score (nSPS) is 12.9. The Balaban J connectivity index is 2.12. The highest BCUT2D eigenvalue weighted by atomic mass is 127. The molecule has 0 spiro atoms. The van der Waals surface area contributed by atoms with Gasteiger partial charge in [0.15, 0.2) is 0 Å². The summed E-state index contributed by atoms with van der Waals surface area (Å²) in [4.78, 5) is 1.41. The molecule has 0 aliphatic heterocycles. The minimum Gasteiger partial charge on any atom is -0.313 e. The van der Waals surface area contributed by atoms with Crippen molar-refractivity contribution in [2.24, 2.45) is 0 Å². The Morgan fingerprint density at radius 2 is 2.19 bits per heavy atom. The van der Waals surface area contributed by atoms with Crippen molar-refractivity contribution in [3.8, 4) is 0 Å². The molecule has 1 atom stereocenters. The van der Waals surface area contributed by atoms with Crippen LogP contribution in [0.25, 0.3) is 0 Å². The van der Waals surface area contributed by atoms with Crippen LogP contribution in [0.4, 0.5) is 0 Å². The van der Waals surface area contributed by atoms with E-state index in [2.05, 4.69) is 66.7 Å². The van der Waals surface area contributed by atoms with Crippen LogP contribution < -0.4 is 5.32 Å². The lowest BCUT2D eigenvalue weighted by atomic mass is 10.1. The molecule has 2 aromatic rings. The molecule has 1 nitrogen and oxygen atoms in total. The Morgan fingerprint density at radius 3 is 2.69 bits per heavy atom. The second kappa shape index (κ2) is 5.95. The summed E-state index contributed by atoms with van der Waals surface area (Å²) in [7, 11) is 2.03. The number of hydrogen-bond donors (Lipinski definition) is 1. The van der Waals surface area contributed by atoms with Gasteiger partial charge in [-0.1, -0.05) is 0 Å². The lowest BCUT2D eigenvalue weighted by Crippen LogP contribution is -2.17. The van der Waals surface area contributed by atoms with E-state index in [1.165, 1.54) is 17.8 Å². The Morgan fingerprint density at radius 1 is 1.38 bits per heavy atom. The molecule has 0 saturated carbocycles. The zero-order valence-electron chi connectivity index (χ0n) is 8.67. The maximum atomic E-state index is 3.50. The van der Waals surface area contributed by atoms with Gasteiger partial charge >= 0.3 is 0 Å². The molecule has 86 valence electrons. The monoisotopic (exact) mass is 427 g/mol. The summed E-state index contributed by atoms with van der Waals surface area (Å²) in [5, 5.41) is 7.76. The Hall–Kier alpha value is 0.570. The van der Waals surface area contributed by atoms with E-state index >= 15 is 0 Å². The van der Waals surface area contributed by atoms with Crippen molar-refractivity contribution in [2.45, 2.75) is 12.5 Å². The van der Waals surface area contributed by atoms with Gasteiger partial charge in [-0.15, -0.1) is 22.7 Å². The topological polar surface area (TPSA) is 12.0 Å². The van der Waals surface area contributed by atoms with Crippen molar-refractivity contribution in [3.63, 3.8) is 0 Å². The zero-order chi connectivity index (χ0) is 11.5. The van der Waals surface area contributed by atoms with E-state index in [1.807, 2.05) is 18.4 Å².